The van der Waals surface area contributed by atoms with Crippen molar-refractivity contribution >= 4 is 11.8 Å². The van der Waals surface area contributed by atoms with Crippen molar-refractivity contribution in [2.45, 2.75) is 25.8 Å². The number of hydrogen-bond donors (Lipinski definition) is 1. The van der Waals surface area contributed by atoms with Crippen LogP contribution in [0.4, 0.5) is 5.82 Å². The third kappa shape index (κ3) is 3.64. The molecule has 6 nitrogen and oxygen atoms in total. The molecule has 0 aromatic carbocycles. The zero-order valence-corrected chi connectivity index (χ0v) is 11.4. The lowest BCUT2D eigenvalue weighted by molar-refractivity contribution is 0.0593. The lowest BCUT2D eigenvalue weighted by Crippen LogP contribution is -2.42. The number of rotatable bonds is 4. The van der Waals surface area contributed by atoms with Crippen LogP contribution in [0, 0.1) is 0 Å². The van der Waals surface area contributed by atoms with E-state index in [1.54, 1.807) is 12.1 Å². The number of nitrogens with zero attached hydrogens (tertiary/aromatic N) is 3. The number of piperidine rings is 1. The van der Waals surface area contributed by atoms with Crippen molar-refractivity contribution in [2.75, 3.05) is 32.1 Å². The fourth-order valence-corrected chi connectivity index (χ4v) is 2.29. The van der Waals surface area contributed by atoms with E-state index in [1.165, 1.54) is 20.1 Å². The van der Waals surface area contributed by atoms with Crippen molar-refractivity contribution in [2.24, 2.45) is 0 Å². The molecule has 19 heavy (non-hydrogen) atoms. The Morgan fingerprint density at radius 2 is 2.37 bits per heavy atom. The van der Waals surface area contributed by atoms with Gasteiger partial charge in [0.2, 0.25) is 0 Å². The van der Waals surface area contributed by atoms with E-state index in [1.807, 2.05) is 0 Å². The number of methoxy groups -OCH3 is 1. The molecule has 1 aliphatic heterocycles. The second kappa shape index (κ2) is 6.47. The van der Waals surface area contributed by atoms with Crippen molar-refractivity contribution in [1.82, 2.24) is 15.1 Å². The van der Waals surface area contributed by atoms with E-state index in [0.29, 0.717) is 11.9 Å². The van der Waals surface area contributed by atoms with Gasteiger partial charge >= 0.3 is 5.97 Å². The topological polar surface area (TPSA) is 67.4 Å². The third-order valence-corrected chi connectivity index (χ3v) is 3.36. The maximum atomic E-state index is 11.2. The molecule has 1 saturated heterocycles. The van der Waals surface area contributed by atoms with Gasteiger partial charge in [0, 0.05) is 12.6 Å². The van der Waals surface area contributed by atoms with Crippen LogP contribution in [0.15, 0.2) is 12.1 Å². The van der Waals surface area contributed by atoms with Crippen LogP contribution in [0.25, 0.3) is 0 Å². The molecule has 1 unspecified atom stereocenters. The first-order chi connectivity index (χ1) is 9.22. The van der Waals surface area contributed by atoms with Gasteiger partial charge in [0.15, 0.2) is 5.69 Å². The Kier molecular flexibility index (Phi) is 4.68. The number of likely N-dealkylation sites (N-methyl/N-ethyl adjacent to an activating group) is 1. The van der Waals surface area contributed by atoms with Gasteiger partial charge in [-0.3, -0.25) is 0 Å². The van der Waals surface area contributed by atoms with Crippen LogP contribution >= 0.6 is 0 Å². The minimum absolute atomic E-state index is 0.229. The number of hydrogen-bond acceptors (Lipinski definition) is 6. The summed E-state index contributed by atoms with van der Waals surface area (Å²) < 4.78 is 4.59. The number of nitrogens with one attached hydrogen (secondary N) is 1. The van der Waals surface area contributed by atoms with E-state index in [-0.39, 0.29) is 5.69 Å². The van der Waals surface area contributed by atoms with Crippen molar-refractivity contribution < 1.29 is 9.53 Å². The Morgan fingerprint density at radius 1 is 1.53 bits per heavy atom. The highest BCUT2D eigenvalue weighted by Gasteiger charge is 2.19. The number of carbonyl (C=O) groups excluding carboxylic acids is 1. The summed E-state index contributed by atoms with van der Waals surface area (Å²) in [4.78, 5) is 13.7. The third-order valence-electron chi connectivity index (χ3n) is 3.36. The van der Waals surface area contributed by atoms with Gasteiger partial charge in [-0.25, -0.2) is 4.79 Å². The van der Waals surface area contributed by atoms with Crippen molar-refractivity contribution in [1.29, 1.82) is 0 Å². The average Bonchev–Trinajstić information content (AvgIpc) is 2.47. The molecule has 0 bridgehead atoms. The lowest BCUT2D eigenvalue weighted by atomic mass is 10.1. The molecule has 1 atom stereocenters. The first kappa shape index (κ1) is 13.7. The summed E-state index contributed by atoms with van der Waals surface area (Å²) in [6, 6.07) is 3.79. The number of esters is 1. The largest absolute Gasteiger partial charge is 0.464 e. The predicted molar refractivity (Wildman–Crippen MR) is 72.1 cm³/mol. The Hall–Kier alpha value is -1.69. The summed E-state index contributed by atoms with van der Waals surface area (Å²) in [6.07, 6.45) is 2.33. The molecule has 0 amide bonds. The summed E-state index contributed by atoms with van der Waals surface area (Å²) in [5.74, 6) is 0.240. The maximum Gasteiger partial charge on any atom is 0.358 e. The molecular weight excluding hydrogens is 244 g/mol. The van der Waals surface area contributed by atoms with E-state index in [9.17, 15) is 4.79 Å². The van der Waals surface area contributed by atoms with Crippen molar-refractivity contribution in [3.8, 4) is 0 Å². The zero-order valence-electron chi connectivity index (χ0n) is 11.4. The van der Waals surface area contributed by atoms with Crippen LogP contribution < -0.4 is 5.32 Å². The standard InChI is InChI=1S/C13H20N4O2/c1-3-17-8-4-5-10(9-17)14-12-7-6-11(15-16-12)13(18)19-2/h6-7,10H,3-5,8-9H2,1-2H3,(H,14,16). The normalized spacial score (nSPS) is 20.0. The van der Waals surface area contributed by atoms with Gasteiger partial charge in [0.1, 0.15) is 5.82 Å². The van der Waals surface area contributed by atoms with E-state index >= 15 is 0 Å². The monoisotopic (exact) mass is 264 g/mol. The Bertz CT molecular complexity index is 421. The molecule has 0 saturated carbocycles. The Morgan fingerprint density at radius 3 is 3.00 bits per heavy atom. The molecular formula is C13H20N4O2. The smallest absolute Gasteiger partial charge is 0.358 e. The summed E-state index contributed by atoms with van der Waals surface area (Å²) >= 11 is 0. The second-order valence-corrected chi connectivity index (χ2v) is 4.67. The first-order valence-electron chi connectivity index (χ1n) is 6.64. The fraction of sp³-hybridized carbons (Fsp3) is 0.615. The van der Waals surface area contributed by atoms with Crippen molar-refractivity contribution in [3.05, 3.63) is 17.8 Å². The van der Waals surface area contributed by atoms with Gasteiger partial charge in [-0.2, -0.15) is 0 Å². The minimum Gasteiger partial charge on any atom is -0.464 e. The molecule has 0 aliphatic carbocycles. The SMILES string of the molecule is CCN1CCCC(Nc2ccc(C(=O)OC)nn2)C1. The number of likely N-dealkylation sites (tertiary alicyclic amines) is 1. The van der Waals surface area contributed by atoms with Crippen LogP contribution in [-0.2, 0) is 4.74 Å². The number of carbonyl (C=O) groups is 1. The number of ether oxygens (including phenoxy) is 1. The van der Waals surface area contributed by atoms with Gasteiger partial charge in [-0.1, -0.05) is 6.92 Å². The highest BCUT2D eigenvalue weighted by atomic mass is 16.5. The number of aromatic nitrogens is 2. The Balaban J connectivity index is 1.94. The van der Waals surface area contributed by atoms with Crippen LogP contribution in [0.5, 0.6) is 0 Å². The first-order valence-corrected chi connectivity index (χ1v) is 6.64. The highest BCUT2D eigenvalue weighted by Crippen LogP contribution is 2.14. The molecule has 1 aromatic rings. The minimum atomic E-state index is -0.464. The molecule has 1 fully saturated rings. The summed E-state index contributed by atoms with van der Waals surface area (Å²) in [6.45, 7) is 5.44. The summed E-state index contributed by atoms with van der Waals surface area (Å²) in [5, 5.41) is 11.2. The predicted octanol–water partition coefficient (Wildman–Crippen LogP) is 1.16. The zero-order chi connectivity index (χ0) is 13.7. The van der Waals surface area contributed by atoms with Gasteiger partial charge < -0.3 is 15.0 Å². The number of anilines is 1. The van der Waals surface area contributed by atoms with Gasteiger partial charge in [-0.15, -0.1) is 10.2 Å². The van der Waals surface area contributed by atoms with E-state index < -0.39 is 5.97 Å². The summed E-state index contributed by atoms with van der Waals surface area (Å²) in [5.41, 5.74) is 0.229. The van der Waals surface area contributed by atoms with Crippen LogP contribution in [0.3, 0.4) is 0 Å². The van der Waals surface area contributed by atoms with E-state index in [4.69, 9.17) is 0 Å². The molecule has 0 radical (unpaired) electrons. The maximum absolute atomic E-state index is 11.2. The molecule has 2 heterocycles. The second-order valence-electron chi connectivity index (χ2n) is 4.67. The van der Waals surface area contributed by atoms with E-state index in [2.05, 4.69) is 32.1 Å². The molecule has 1 aromatic heterocycles. The molecule has 1 aliphatic rings. The Labute approximate surface area is 113 Å². The average molecular weight is 264 g/mol. The molecule has 6 heteroatoms. The van der Waals surface area contributed by atoms with Crippen LogP contribution in [0.2, 0.25) is 0 Å². The highest BCUT2D eigenvalue weighted by molar-refractivity contribution is 5.86. The molecule has 2 rings (SSSR count). The van der Waals surface area contributed by atoms with Gasteiger partial charge in [0.05, 0.1) is 7.11 Å². The van der Waals surface area contributed by atoms with Crippen LogP contribution in [-0.4, -0.2) is 53.9 Å². The summed E-state index contributed by atoms with van der Waals surface area (Å²) in [7, 11) is 1.33. The molecule has 0 spiro atoms. The van der Waals surface area contributed by atoms with Gasteiger partial charge in [0.25, 0.3) is 0 Å². The quantitative estimate of drug-likeness (QED) is 0.823. The van der Waals surface area contributed by atoms with E-state index in [0.717, 1.165) is 19.5 Å². The van der Waals surface area contributed by atoms with Crippen LogP contribution in [0.1, 0.15) is 30.3 Å². The molecule has 1 N–H and O–H groups in total. The fourth-order valence-electron chi connectivity index (χ4n) is 2.29. The van der Waals surface area contributed by atoms with Gasteiger partial charge in [-0.05, 0) is 38.1 Å². The molecule has 104 valence electrons. The van der Waals surface area contributed by atoms with Crippen molar-refractivity contribution in [3.63, 3.8) is 0 Å². The lowest BCUT2D eigenvalue weighted by Gasteiger charge is -2.32.